The van der Waals surface area contributed by atoms with Crippen LogP contribution in [0.3, 0.4) is 0 Å². The number of imide groups is 1. The van der Waals surface area contributed by atoms with Gasteiger partial charge in [0.1, 0.15) is 11.6 Å². The maximum absolute atomic E-state index is 12.6. The lowest BCUT2D eigenvalue weighted by molar-refractivity contribution is -0.123. The lowest BCUT2D eigenvalue weighted by Gasteiger charge is -2.18. The van der Waals surface area contributed by atoms with Crippen molar-refractivity contribution >= 4 is 45.1 Å². The van der Waals surface area contributed by atoms with Crippen LogP contribution in [0, 0.1) is 11.3 Å². The third-order valence-corrected chi connectivity index (χ3v) is 3.40. The molecule has 1 aromatic heterocycles. The maximum Gasteiger partial charge on any atom is 0.277 e. The van der Waals surface area contributed by atoms with E-state index in [4.69, 9.17) is 5.73 Å². The van der Waals surface area contributed by atoms with Gasteiger partial charge >= 0.3 is 0 Å². The molecule has 0 saturated carbocycles. The molecule has 0 fully saturated rings. The SMILES string of the molecule is CC(=O)N(C(=O)/C(C#N)=C\Nc1ncc(Br)cn1)c1ccc(N)cc1. The Labute approximate surface area is 152 Å². The Morgan fingerprint density at radius 1 is 1.28 bits per heavy atom. The fraction of sp³-hybridized carbons (Fsp3) is 0.0625. The number of amides is 2. The zero-order valence-electron chi connectivity index (χ0n) is 13.1. The molecule has 8 nitrogen and oxygen atoms in total. The highest BCUT2D eigenvalue weighted by Gasteiger charge is 2.24. The van der Waals surface area contributed by atoms with Crippen LogP contribution in [0.1, 0.15) is 6.92 Å². The van der Waals surface area contributed by atoms with Crippen molar-refractivity contribution in [1.82, 2.24) is 9.97 Å². The molecule has 3 N–H and O–H groups in total. The molecule has 0 aliphatic carbocycles. The second-order valence-corrected chi connectivity index (χ2v) is 5.71. The van der Waals surface area contributed by atoms with E-state index in [1.54, 1.807) is 18.2 Å². The first-order chi connectivity index (χ1) is 11.9. The number of nitrogens with one attached hydrogen (secondary N) is 1. The van der Waals surface area contributed by atoms with Gasteiger partial charge in [0.15, 0.2) is 0 Å². The van der Waals surface area contributed by atoms with E-state index in [1.807, 2.05) is 0 Å². The molecule has 0 atom stereocenters. The number of carbonyl (C=O) groups excluding carboxylic acids is 2. The van der Waals surface area contributed by atoms with Crippen molar-refractivity contribution in [2.24, 2.45) is 0 Å². The van der Waals surface area contributed by atoms with E-state index >= 15 is 0 Å². The number of hydrogen-bond acceptors (Lipinski definition) is 7. The Balaban J connectivity index is 2.27. The Morgan fingerprint density at radius 2 is 1.88 bits per heavy atom. The van der Waals surface area contributed by atoms with Crippen LogP contribution in [0.15, 0.2) is 52.9 Å². The van der Waals surface area contributed by atoms with Crippen molar-refractivity contribution in [3.8, 4) is 6.07 Å². The van der Waals surface area contributed by atoms with Crippen molar-refractivity contribution in [2.75, 3.05) is 16.0 Å². The summed E-state index contributed by atoms with van der Waals surface area (Å²) < 4.78 is 0.685. The minimum atomic E-state index is -0.774. The third kappa shape index (κ3) is 4.62. The van der Waals surface area contributed by atoms with E-state index < -0.39 is 11.8 Å². The summed E-state index contributed by atoms with van der Waals surface area (Å²) in [6.45, 7) is 1.23. The van der Waals surface area contributed by atoms with E-state index in [1.165, 1.54) is 31.5 Å². The third-order valence-electron chi connectivity index (χ3n) is 2.99. The van der Waals surface area contributed by atoms with Crippen molar-refractivity contribution in [3.63, 3.8) is 0 Å². The largest absolute Gasteiger partial charge is 0.399 e. The summed E-state index contributed by atoms with van der Waals surface area (Å²) in [6, 6.07) is 7.93. The topological polar surface area (TPSA) is 125 Å². The van der Waals surface area contributed by atoms with Crippen molar-refractivity contribution in [3.05, 3.63) is 52.9 Å². The summed E-state index contributed by atoms with van der Waals surface area (Å²) in [5, 5.41) is 11.9. The first-order valence-electron chi connectivity index (χ1n) is 6.97. The van der Waals surface area contributed by atoms with Gasteiger partial charge in [-0.15, -0.1) is 0 Å². The van der Waals surface area contributed by atoms with E-state index in [0.29, 0.717) is 15.8 Å². The molecule has 9 heteroatoms. The minimum Gasteiger partial charge on any atom is -0.399 e. The van der Waals surface area contributed by atoms with Crippen LogP contribution >= 0.6 is 15.9 Å². The number of benzene rings is 1. The zero-order chi connectivity index (χ0) is 18.4. The van der Waals surface area contributed by atoms with E-state index in [2.05, 4.69) is 31.2 Å². The fourth-order valence-corrected chi connectivity index (χ4v) is 2.06. The number of nitrogens with two attached hydrogens (primary N) is 1. The van der Waals surface area contributed by atoms with Crippen LogP contribution in [-0.2, 0) is 9.59 Å². The number of nitrogen functional groups attached to an aromatic ring is 1. The number of anilines is 3. The predicted octanol–water partition coefficient (Wildman–Crippen LogP) is 2.22. The Hall–Kier alpha value is -3.25. The average Bonchev–Trinajstić information content (AvgIpc) is 2.58. The Kier molecular flexibility index (Phi) is 5.81. The molecular formula is C16H13BrN6O2. The smallest absolute Gasteiger partial charge is 0.277 e. The van der Waals surface area contributed by atoms with E-state index in [9.17, 15) is 14.9 Å². The van der Waals surface area contributed by atoms with Gasteiger partial charge in [-0.3, -0.25) is 9.59 Å². The quantitative estimate of drug-likeness (QED) is 0.457. The zero-order valence-corrected chi connectivity index (χ0v) is 14.7. The number of hydrogen-bond donors (Lipinski definition) is 2. The summed E-state index contributed by atoms with van der Waals surface area (Å²) in [5.41, 5.74) is 6.13. The van der Waals surface area contributed by atoms with Crippen LogP contribution in [0.25, 0.3) is 0 Å². The van der Waals surface area contributed by atoms with Gasteiger partial charge in [0.2, 0.25) is 11.9 Å². The van der Waals surface area contributed by atoms with Crippen molar-refractivity contribution < 1.29 is 9.59 Å². The molecule has 2 aromatic rings. The van der Waals surface area contributed by atoms with Crippen LogP contribution in [0.5, 0.6) is 0 Å². The van der Waals surface area contributed by atoms with Gasteiger partial charge in [0, 0.05) is 31.2 Å². The number of rotatable bonds is 4. The fourth-order valence-electron chi connectivity index (χ4n) is 1.85. The summed E-state index contributed by atoms with van der Waals surface area (Å²) in [6.07, 6.45) is 4.17. The highest BCUT2D eigenvalue weighted by Crippen LogP contribution is 2.19. The number of carbonyl (C=O) groups is 2. The lowest BCUT2D eigenvalue weighted by atomic mass is 10.2. The Bertz CT molecular complexity index is 856. The average molecular weight is 401 g/mol. The second-order valence-electron chi connectivity index (χ2n) is 4.79. The Morgan fingerprint density at radius 3 is 2.40 bits per heavy atom. The normalized spacial score (nSPS) is 10.7. The van der Waals surface area contributed by atoms with Crippen LogP contribution in [0.2, 0.25) is 0 Å². The maximum atomic E-state index is 12.6. The molecule has 0 bridgehead atoms. The highest BCUT2D eigenvalue weighted by molar-refractivity contribution is 9.10. The number of aromatic nitrogens is 2. The van der Waals surface area contributed by atoms with Gasteiger partial charge in [-0.2, -0.15) is 5.26 Å². The number of nitriles is 1. The first-order valence-corrected chi connectivity index (χ1v) is 7.76. The van der Waals surface area contributed by atoms with Crippen LogP contribution < -0.4 is 16.0 Å². The summed E-state index contributed by atoms with van der Waals surface area (Å²) in [5.74, 6) is -1.11. The van der Waals surface area contributed by atoms with Gasteiger partial charge in [-0.05, 0) is 40.2 Å². The molecule has 0 aliphatic heterocycles. The molecule has 0 spiro atoms. The monoisotopic (exact) mass is 400 g/mol. The lowest BCUT2D eigenvalue weighted by Crippen LogP contribution is -2.36. The molecule has 126 valence electrons. The minimum absolute atomic E-state index is 0.200. The number of nitrogens with zero attached hydrogens (tertiary/aromatic N) is 4. The van der Waals surface area contributed by atoms with E-state index in [-0.39, 0.29) is 11.5 Å². The van der Waals surface area contributed by atoms with Gasteiger partial charge in [-0.25, -0.2) is 14.9 Å². The van der Waals surface area contributed by atoms with Gasteiger partial charge < -0.3 is 11.1 Å². The molecule has 0 aliphatic rings. The van der Waals surface area contributed by atoms with E-state index in [0.717, 1.165) is 11.1 Å². The standard InChI is InChI=1S/C16H13BrN6O2/c1-10(24)23(14-4-2-13(19)3-5-14)15(25)11(6-18)7-20-16-21-8-12(17)9-22-16/h2-5,7-9H,19H2,1H3,(H,20,21,22)/b11-7-. The van der Waals surface area contributed by atoms with Gasteiger partial charge in [0.05, 0.1) is 10.2 Å². The second kappa shape index (κ2) is 8.03. The molecule has 2 amide bonds. The van der Waals surface area contributed by atoms with Crippen LogP contribution in [-0.4, -0.2) is 21.8 Å². The van der Waals surface area contributed by atoms with Crippen LogP contribution in [0.4, 0.5) is 17.3 Å². The first kappa shape index (κ1) is 18.1. The highest BCUT2D eigenvalue weighted by atomic mass is 79.9. The molecule has 25 heavy (non-hydrogen) atoms. The summed E-state index contributed by atoms with van der Waals surface area (Å²) in [4.78, 5) is 33.3. The van der Waals surface area contributed by atoms with Crippen molar-refractivity contribution in [2.45, 2.75) is 6.92 Å². The van der Waals surface area contributed by atoms with Crippen molar-refractivity contribution in [1.29, 1.82) is 5.26 Å². The number of halogens is 1. The molecule has 0 saturated heterocycles. The molecule has 2 rings (SSSR count). The molecule has 1 aromatic carbocycles. The van der Waals surface area contributed by atoms with Gasteiger partial charge in [-0.1, -0.05) is 0 Å². The molecular weight excluding hydrogens is 388 g/mol. The molecule has 0 unspecified atom stereocenters. The summed E-state index contributed by atoms with van der Waals surface area (Å²) in [7, 11) is 0. The summed E-state index contributed by atoms with van der Waals surface area (Å²) >= 11 is 3.20. The predicted molar refractivity (Wildman–Crippen MR) is 96.1 cm³/mol. The molecule has 0 radical (unpaired) electrons. The molecule has 1 heterocycles. The van der Waals surface area contributed by atoms with Gasteiger partial charge in [0.25, 0.3) is 5.91 Å².